The van der Waals surface area contributed by atoms with Crippen LogP contribution in [0.15, 0.2) is 36.7 Å². The Labute approximate surface area is 144 Å². The van der Waals surface area contributed by atoms with Gasteiger partial charge in [-0.1, -0.05) is 6.07 Å². The van der Waals surface area contributed by atoms with Gasteiger partial charge in [0.2, 0.25) is 6.79 Å². The number of carbonyl (C=O) groups excluding carboxylic acids is 1. The molecule has 0 spiro atoms. The van der Waals surface area contributed by atoms with Gasteiger partial charge in [-0.15, -0.1) is 0 Å². The van der Waals surface area contributed by atoms with E-state index in [2.05, 4.69) is 15.3 Å². The average Bonchev–Trinajstić information content (AvgIpc) is 3.29. The van der Waals surface area contributed by atoms with E-state index >= 15 is 0 Å². The van der Waals surface area contributed by atoms with Gasteiger partial charge in [-0.05, 0) is 23.8 Å². The fourth-order valence-corrected chi connectivity index (χ4v) is 2.84. The first kappa shape index (κ1) is 15.5. The maximum absolute atomic E-state index is 12.3. The number of urea groups is 1. The minimum absolute atomic E-state index is 0.0845. The van der Waals surface area contributed by atoms with Gasteiger partial charge in [0.25, 0.3) is 0 Å². The molecule has 2 amide bonds. The fourth-order valence-electron chi connectivity index (χ4n) is 2.84. The number of amides is 2. The van der Waals surface area contributed by atoms with E-state index in [1.54, 1.807) is 23.4 Å². The summed E-state index contributed by atoms with van der Waals surface area (Å²) in [6.07, 6.45) is 3.94. The Morgan fingerprint density at radius 3 is 3.00 bits per heavy atom. The molecule has 1 fully saturated rings. The molecule has 0 radical (unpaired) electrons. The zero-order valence-electron chi connectivity index (χ0n) is 13.6. The third kappa shape index (κ3) is 3.57. The van der Waals surface area contributed by atoms with Crippen molar-refractivity contribution in [2.75, 3.05) is 19.9 Å². The molecule has 0 unspecified atom stereocenters. The van der Waals surface area contributed by atoms with Crippen molar-refractivity contribution in [3.8, 4) is 17.5 Å². The van der Waals surface area contributed by atoms with Gasteiger partial charge in [0.15, 0.2) is 11.5 Å². The lowest BCUT2D eigenvalue weighted by atomic mass is 10.2. The number of nitrogens with zero attached hydrogens (tertiary/aromatic N) is 3. The lowest BCUT2D eigenvalue weighted by Gasteiger charge is -2.17. The molecule has 1 saturated heterocycles. The van der Waals surface area contributed by atoms with Crippen LogP contribution in [0, 0.1) is 0 Å². The number of hydrogen-bond donors (Lipinski definition) is 1. The smallest absolute Gasteiger partial charge is 0.317 e. The highest BCUT2D eigenvalue weighted by atomic mass is 16.7. The molecule has 1 atom stereocenters. The highest BCUT2D eigenvalue weighted by Gasteiger charge is 2.28. The minimum Gasteiger partial charge on any atom is -0.458 e. The molecule has 1 aromatic heterocycles. The third-order valence-corrected chi connectivity index (χ3v) is 4.13. The summed E-state index contributed by atoms with van der Waals surface area (Å²) in [6.45, 7) is 1.83. The zero-order chi connectivity index (χ0) is 17.1. The number of rotatable bonds is 4. The molecule has 1 N–H and O–H groups in total. The van der Waals surface area contributed by atoms with Crippen LogP contribution < -0.4 is 19.5 Å². The summed E-state index contributed by atoms with van der Waals surface area (Å²) in [5.41, 5.74) is 0.960. The largest absolute Gasteiger partial charge is 0.458 e. The quantitative estimate of drug-likeness (QED) is 0.908. The molecule has 25 heavy (non-hydrogen) atoms. The summed E-state index contributed by atoms with van der Waals surface area (Å²) in [7, 11) is 0. The maximum Gasteiger partial charge on any atom is 0.317 e. The summed E-state index contributed by atoms with van der Waals surface area (Å²) in [6, 6.07) is 7.61. The van der Waals surface area contributed by atoms with Crippen molar-refractivity contribution in [3.05, 3.63) is 42.2 Å². The van der Waals surface area contributed by atoms with E-state index in [1.165, 1.54) is 0 Å². The molecule has 2 aliphatic heterocycles. The highest BCUT2D eigenvalue weighted by Crippen LogP contribution is 2.32. The van der Waals surface area contributed by atoms with Gasteiger partial charge in [0.05, 0.1) is 6.54 Å². The highest BCUT2D eigenvalue weighted by molar-refractivity contribution is 5.74. The standard InChI is InChI=1S/C17H18N4O4/c22-17(20-9-12-2-3-14-15(8-12)24-11-23-14)21-7-4-13(10-21)25-16-18-5-1-6-19-16/h1-3,5-6,8,13H,4,7,9-11H2,(H,20,22)/t13-/m0/s1. The summed E-state index contributed by atoms with van der Waals surface area (Å²) in [5, 5.41) is 2.92. The van der Waals surface area contributed by atoms with Gasteiger partial charge in [-0.3, -0.25) is 0 Å². The minimum atomic E-state index is -0.113. The van der Waals surface area contributed by atoms with Crippen molar-refractivity contribution >= 4 is 6.03 Å². The molecule has 0 saturated carbocycles. The fraction of sp³-hybridized carbons (Fsp3) is 0.353. The van der Waals surface area contributed by atoms with E-state index in [4.69, 9.17) is 14.2 Å². The van der Waals surface area contributed by atoms with Crippen molar-refractivity contribution in [2.45, 2.75) is 19.1 Å². The number of hydrogen-bond acceptors (Lipinski definition) is 6. The van der Waals surface area contributed by atoms with Crippen LogP contribution in [0.1, 0.15) is 12.0 Å². The second-order valence-corrected chi connectivity index (χ2v) is 5.85. The number of ether oxygens (including phenoxy) is 3. The molecule has 4 rings (SSSR count). The predicted octanol–water partition coefficient (Wildman–Crippen LogP) is 1.57. The first-order valence-corrected chi connectivity index (χ1v) is 8.13. The molecule has 8 nitrogen and oxygen atoms in total. The average molecular weight is 342 g/mol. The van der Waals surface area contributed by atoms with Crippen LogP contribution in [0.2, 0.25) is 0 Å². The SMILES string of the molecule is O=C(NCc1ccc2c(c1)OCO2)N1CC[C@H](Oc2ncccn2)C1. The summed E-state index contributed by atoms with van der Waals surface area (Å²) in [5.74, 6) is 1.45. The van der Waals surface area contributed by atoms with Crippen LogP contribution in [-0.2, 0) is 6.54 Å². The molecule has 8 heteroatoms. The Bertz CT molecular complexity index is 756. The first-order valence-electron chi connectivity index (χ1n) is 8.13. The van der Waals surface area contributed by atoms with Gasteiger partial charge in [0, 0.05) is 31.9 Å². The van der Waals surface area contributed by atoms with Crippen molar-refractivity contribution < 1.29 is 19.0 Å². The van der Waals surface area contributed by atoms with Crippen LogP contribution >= 0.6 is 0 Å². The Hall–Kier alpha value is -3.03. The maximum atomic E-state index is 12.3. The topological polar surface area (TPSA) is 85.8 Å². The molecule has 2 aliphatic rings. The van der Waals surface area contributed by atoms with Crippen LogP contribution in [0.3, 0.4) is 0 Å². The van der Waals surface area contributed by atoms with Crippen molar-refractivity contribution in [3.63, 3.8) is 0 Å². The van der Waals surface area contributed by atoms with E-state index in [-0.39, 0.29) is 18.9 Å². The Balaban J connectivity index is 1.27. The van der Waals surface area contributed by atoms with Crippen molar-refractivity contribution in [1.29, 1.82) is 0 Å². The number of carbonyl (C=O) groups is 1. The third-order valence-electron chi connectivity index (χ3n) is 4.13. The van der Waals surface area contributed by atoms with Gasteiger partial charge in [-0.2, -0.15) is 0 Å². The normalized spacial score (nSPS) is 18.2. The van der Waals surface area contributed by atoms with E-state index in [0.717, 1.165) is 17.7 Å². The molecule has 1 aromatic carbocycles. The second kappa shape index (κ2) is 6.84. The molecular weight excluding hydrogens is 324 g/mol. The Morgan fingerprint density at radius 1 is 1.28 bits per heavy atom. The van der Waals surface area contributed by atoms with E-state index in [9.17, 15) is 4.79 Å². The van der Waals surface area contributed by atoms with Crippen molar-refractivity contribution in [2.24, 2.45) is 0 Å². The van der Waals surface area contributed by atoms with Crippen LogP contribution in [0.4, 0.5) is 4.79 Å². The summed E-state index contributed by atoms with van der Waals surface area (Å²) >= 11 is 0. The monoisotopic (exact) mass is 342 g/mol. The van der Waals surface area contributed by atoms with E-state index in [1.807, 2.05) is 18.2 Å². The van der Waals surface area contributed by atoms with Crippen molar-refractivity contribution in [1.82, 2.24) is 20.2 Å². The number of aromatic nitrogens is 2. The van der Waals surface area contributed by atoms with E-state index < -0.39 is 0 Å². The first-order chi connectivity index (χ1) is 12.3. The van der Waals surface area contributed by atoms with Gasteiger partial charge < -0.3 is 24.4 Å². The number of likely N-dealkylation sites (tertiary alicyclic amines) is 1. The number of nitrogens with one attached hydrogen (secondary N) is 1. The number of fused-ring (bicyclic) bond motifs is 1. The molecule has 130 valence electrons. The van der Waals surface area contributed by atoms with Crippen LogP contribution in [0.25, 0.3) is 0 Å². The molecule has 3 heterocycles. The zero-order valence-corrected chi connectivity index (χ0v) is 13.6. The van der Waals surface area contributed by atoms with Crippen LogP contribution in [-0.4, -0.2) is 46.9 Å². The number of benzene rings is 1. The molecule has 0 aliphatic carbocycles. The molecular formula is C17H18N4O4. The second-order valence-electron chi connectivity index (χ2n) is 5.85. The summed E-state index contributed by atoms with van der Waals surface area (Å²) in [4.78, 5) is 22.1. The van der Waals surface area contributed by atoms with E-state index in [0.29, 0.717) is 31.4 Å². The molecule has 2 aromatic rings. The predicted molar refractivity (Wildman–Crippen MR) is 87.4 cm³/mol. The van der Waals surface area contributed by atoms with Crippen LogP contribution in [0.5, 0.6) is 17.5 Å². The molecule has 0 bridgehead atoms. The Kier molecular flexibility index (Phi) is 4.24. The lowest BCUT2D eigenvalue weighted by molar-refractivity contribution is 0.174. The van der Waals surface area contributed by atoms with Gasteiger partial charge >= 0.3 is 12.0 Å². The summed E-state index contributed by atoms with van der Waals surface area (Å²) < 4.78 is 16.3. The van der Waals surface area contributed by atoms with Gasteiger partial charge in [-0.25, -0.2) is 14.8 Å². The van der Waals surface area contributed by atoms with Gasteiger partial charge in [0.1, 0.15) is 6.10 Å². The Morgan fingerprint density at radius 2 is 2.12 bits per heavy atom. The lowest BCUT2D eigenvalue weighted by Crippen LogP contribution is -2.39.